The van der Waals surface area contributed by atoms with Crippen molar-refractivity contribution in [2.24, 2.45) is 0 Å². The van der Waals surface area contributed by atoms with Gasteiger partial charge in [-0.25, -0.2) is 8.42 Å². The van der Waals surface area contributed by atoms with Crippen LogP contribution < -0.4 is 9.62 Å². The van der Waals surface area contributed by atoms with E-state index in [4.69, 9.17) is 11.6 Å². The average molecular weight is 457 g/mol. The van der Waals surface area contributed by atoms with E-state index in [1.54, 1.807) is 12.1 Å². The number of aryl methyl sites for hydroxylation is 2. The van der Waals surface area contributed by atoms with Crippen LogP contribution in [0.1, 0.15) is 29.7 Å². The van der Waals surface area contributed by atoms with Crippen LogP contribution in [0, 0.1) is 13.8 Å². The number of carbonyl (C=O) groups is 1. The summed E-state index contributed by atoms with van der Waals surface area (Å²) in [5.41, 5.74) is 3.48. The Hall–Kier alpha value is -2.83. The molecule has 0 aliphatic carbocycles. The molecule has 3 aromatic carbocycles. The lowest BCUT2D eigenvalue weighted by Crippen LogP contribution is -2.41. The van der Waals surface area contributed by atoms with Crippen molar-refractivity contribution in [2.45, 2.75) is 31.7 Å². The lowest BCUT2D eigenvalue weighted by Gasteiger charge is -2.25. The second-order valence-corrected chi connectivity index (χ2v) is 9.80. The number of sulfonamides is 1. The van der Waals surface area contributed by atoms with Crippen LogP contribution in [0.15, 0.2) is 77.7 Å². The molecule has 3 aromatic rings. The number of hydrogen-bond acceptors (Lipinski definition) is 3. The Kier molecular flexibility index (Phi) is 7.03. The quantitative estimate of drug-likeness (QED) is 0.542. The molecule has 1 amide bonds. The molecule has 0 bridgehead atoms. The van der Waals surface area contributed by atoms with Crippen LogP contribution in [0.5, 0.6) is 0 Å². The van der Waals surface area contributed by atoms with E-state index in [0.717, 1.165) is 21.0 Å². The second kappa shape index (κ2) is 9.54. The van der Waals surface area contributed by atoms with E-state index in [1.165, 1.54) is 24.3 Å². The van der Waals surface area contributed by atoms with Gasteiger partial charge in [-0.3, -0.25) is 9.10 Å². The fourth-order valence-electron chi connectivity index (χ4n) is 3.12. The monoisotopic (exact) mass is 456 g/mol. The minimum Gasteiger partial charge on any atom is -0.348 e. The highest BCUT2D eigenvalue weighted by Gasteiger charge is 2.27. The number of anilines is 1. The Labute approximate surface area is 188 Å². The summed E-state index contributed by atoms with van der Waals surface area (Å²) in [6.07, 6.45) is 0. The van der Waals surface area contributed by atoms with E-state index >= 15 is 0 Å². The summed E-state index contributed by atoms with van der Waals surface area (Å²) in [4.78, 5) is 12.9. The van der Waals surface area contributed by atoms with E-state index < -0.39 is 15.9 Å². The topological polar surface area (TPSA) is 66.5 Å². The Morgan fingerprint density at radius 3 is 1.97 bits per heavy atom. The van der Waals surface area contributed by atoms with Gasteiger partial charge in [-0.1, -0.05) is 59.1 Å². The summed E-state index contributed by atoms with van der Waals surface area (Å²) in [7, 11) is -3.97. The molecule has 0 aromatic heterocycles. The molecule has 1 N–H and O–H groups in total. The maximum absolute atomic E-state index is 13.4. The highest BCUT2D eigenvalue weighted by Crippen LogP contribution is 2.25. The van der Waals surface area contributed by atoms with Crippen LogP contribution in [0.25, 0.3) is 0 Å². The molecule has 1 atom stereocenters. The van der Waals surface area contributed by atoms with Gasteiger partial charge in [0.15, 0.2) is 0 Å². The van der Waals surface area contributed by atoms with Gasteiger partial charge in [-0.15, -0.1) is 0 Å². The molecule has 31 heavy (non-hydrogen) atoms. The third kappa shape index (κ3) is 5.66. The Morgan fingerprint density at radius 1 is 0.903 bits per heavy atom. The summed E-state index contributed by atoms with van der Waals surface area (Å²) >= 11 is 5.91. The SMILES string of the molecule is Cc1ccc([C@@H](C)NC(=O)CN(c2ccc(C)cc2)S(=O)(=O)c2ccc(Cl)cc2)cc1. The van der Waals surface area contributed by atoms with Crippen LogP contribution >= 0.6 is 11.6 Å². The molecule has 162 valence electrons. The van der Waals surface area contributed by atoms with Crippen LogP contribution in [0.2, 0.25) is 5.02 Å². The zero-order valence-corrected chi connectivity index (χ0v) is 19.2. The highest BCUT2D eigenvalue weighted by atomic mass is 35.5. The zero-order chi connectivity index (χ0) is 22.6. The minimum atomic E-state index is -3.97. The van der Waals surface area contributed by atoms with Gasteiger partial charge in [0, 0.05) is 5.02 Å². The summed E-state index contributed by atoms with van der Waals surface area (Å²) in [6, 6.07) is 20.5. The summed E-state index contributed by atoms with van der Waals surface area (Å²) in [5, 5.41) is 3.33. The first-order valence-electron chi connectivity index (χ1n) is 9.88. The standard InChI is InChI=1S/C24H25ClN2O3S/c1-17-4-8-20(9-5-17)19(3)26-24(28)16-27(22-12-6-18(2)7-13-22)31(29,30)23-14-10-21(25)11-15-23/h4-15,19H,16H2,1-3H3,(H,26,28)/t19-/m1/s1. The molecule has 0 radical (unpaired) electrons. The second-order valence-electron chi connectivity index (χ2n) is 7.50. The van der Waals surface area contributed by atoms with Crippen molar-refractivity contribution in [1.29, 1.82) is 0 Å². The molecule has 0 unspecified atom stereocenters. The maximum Gasteiger partial charge on any atom is 0.264 e. The molecule has 0 aliphatic rings. The van der Waals surface area contributed by atoms with Crippen molar-refractivity contribution in [3.8, 4) is 0 Å². The predicted octanol–water partition coefficient (Wildman–Crippen LogP) is 5.03. The molecule has 5 nitrogen and oxygen atoms in total. The van der Waals surface area contributed by atoms with Crippen LogP contribution in [-0.2, 0) is 14.8 Å². The largest absolute Gasteiger partial charge is 0.348 e. The number of nitrogens with zero attached hydrogens (tertiary/aromatic N) is 1. The Morgan fingerprint density at radius 2 is 1.42 bits per heavy atom. The fraction of sp³-hybridized carbons (Fsp3) is 0.208. The van der Waals surface area contributed by atoms with Crippen molar-refractivity contribution in [1.82, 2.24) is 5.32 Å². The van der Waals surface area contributed by atoms with Crippen molar-refractivity contribution < 1.29 is 13.2 Å². The lowest BCUT2D eigenvalue weighted by atomic mass is 10.1. The van der Waals surface area contributed by atoms with Crippen molar-refractivity contribution >= 4 is 33.2 Å². The Balaban J connectivity index is 1.87. The summed E-state index contributed by atoms with van der Waals surface area (Å²) in [5.74, 6) is -0.397. The molecule has 0 heterocycles. The zero-order valence-electron chi connectivity index (χ0n) is 17.7. The van der Waals surface area contributed by atoms with Crippen molar-refractivity contribution in [3.63, 3.8) is 0 Å². The van der Waals surface area contributed by atoms with Gasteiger partial charge in [0.1, 0.15) is 6.54 Å². The van der Waals surface area contributed by atoms with E-state index in [9.17, 15) is 13.2 Å². The Bertz CT molecular complexity index is 1140. The minimum absolute atomic E-state index is 0.0665. The fourth-order valence-corrected chi connectivity index (χ4v) is 4.66. The van der Waals surface area contributed by atoms with E-state index in [1.807, 2.05) is 57.2 Å². The highest BCUT2D eigenvalue weighted by molar-refractivity contribution is 7.92. The molecule has 0 saturated carbocycles. The smallest absolute Gasteiger partial charge is 0.264 e. The number of rotatable bonds is 7. The number of hydrogen-bond donors (Lipinski definition) is 1. The lowest BCUT2D eigenvalue weighted by molar-refractivity contribution is -0.120. The van der Waals surface area contributed by atoms with Crippen molar-refractivity contribution in [2.75, 3.05) is 10.8 Å². The van der Waals surface area contributed by atoms with Crippen LogP contribution in [0.3, 0.4) is 0 Å². The van der Waals surface area contributed by atoms with E-state index in [-0.39, 0.29) is 17.5 Å². The molecular formula is C24H25ClN2O3S. The van der Waals surface area contributed by atoms with E-state index in [0.29, 0.717) is 10.7 Å². The van der Waals surface area contributed by atoms with Crippen molar-refractivity contribution in [3.05, 3.63) is 94.5 Å². The maximum atomic E-state index is 13.4. The summed E-state index contributed by atoms with van der Waals surface area (Å²) < 4.78 is 27.8. The van der Waals surface area contributed by atoms with Crippen LogP contribution in [-0.4, -0.2) is 20.9 Å². The number of halogens is 1. The molecule has 0 spiro atoms. The molecular weight excluding hydrogens is 432 g/mol. The van der Waals surface area contributed by atoms with E-state index in [2.05, 4.69) is 5.32 Å². The number of amides is 1. The molecule has 0 aliphatic heterocycles. The predicted molar refractivity (Wildman–Crippen MR) is 125 cm³/mol. The number of carbonyl (C=O) groups excluding carboxylic acids is 1. The first kappa shape index (κ1) is 22.8. The van der Waals surface area contributed by atoms with Gasteiger partial charge < -0.3 is 5.32 Å². The molecule has 3 rings (SSSR count). The van der Waals surface area contributed by atoms with Crippen LogP contribution in [0.4, 0.5) is 5.69 Å². The van der Waals surface area contributed by atoms with Gasteiger partial charge in [0.2, 0.25) is 5.91 Å². The number of nitrogens with one attached hydrogen (secondary N) is 1. The van der Waals surface area contributed by atoms with Gasteiger partial charge >= 0.3 is 0 Å². The van der Waals surface area contributed by atoms with Gasteiger partial charge in [0.05, 0.1) is 16.6 Å². The third-order valence-electron chi connectivity index (χ3n) is 4.97. The first-order chi connectivity index (χ1) is 14.7. The molecule has 0 fully saturated rings. The number of benzene rings is 3. The average Bonchev–Trinajstić information content (AvgIpc) is 2.73. The normalized spacial score (nSPS) is 12.3. The molecule has 7 heteroatoms. The summed E-state index contributed by atoms with van der Waals surface area (Å²) in [6.45, 7) is 5.43. The third-order valence-corrected chi connectivity index (χ3v) is 7.01. The van der Waals surface area contributed by atoms with Gasteiger partial charge in [-0.2, -0.15) is 0 Å². The molecule has 0 saturated heterocycles. The van der Waals surface area contributed by atoms with Gasteiger partial charge in [-0.05, 0) is 62.7 Å². The van der Waals surface area contributed by atoms with Gasteiger partial charge in [0.25, 0.3) is 10.0 Å². The first-order valence-corrected chi connectivity index (χ1v) is 11.7.